The van der Waals surface area contributed by atoms with Crippen LogP contribution < -0.4 is 10.6 Å². The molecule has 8 heteroatoms. The molecule has 5 aliphatic rings. The van der Waals surface area contributed by atoms with Gasteiger partial charge in [-0.2, -0.15) is 0 Å². The van der Waals surface area contributed by atoms with Crippen molar-refractivity contribution in [1.29, 1.82) is 0 Å². The van der Waals surface area contributed by atoms with Crippen molar-refractivity contribution in [3.63, 3.8) is 0 Å². The lowest BCUT2D eigenvalue weighted by Crippen LogP contribution is -2.70. The van der Waals surface area contributed by atoms with Crippen LogP contribution in [0.4, 0.5) is 4.79 Å². The molecule has 1 aromatic rings. The first-order valence-electron chi connectivity index (χ1n) is 12.3. The number of hydrogen-bond acceptors (Lipinski definition) is 6. The maximum atomic E-state index is 12.1. The second kappa shape index (κ2) is 9.15. The molecule has 8 atom stereocenters. The smallest absolute Gasteiger partial charge is 0.315 e. The summed E-state index contributed by atoms with van der Waals surface area (Å²) in [5.41, 5.74) is 0.475. The summed E-state index contributed by atoms with van der Waals surface area (Å²) in [4.78, 5) is 24.1. The van der Waals surface area contributed by atoms with Crippen LogP contribution in [-0.4, -0.2) is 43.2 Å². The largest absolute Gasteiger partial charge is 0.350 e. The highest BCUT2D eigenvalue weighted by molar-refractivity contribution is 5.73. The highest BCUT2D eigenvalue weighted by Gasteiger charge is 2.69. The van der Waals surface area contributed by atoms with Gasteiger partial charge in [-0.1, -0.05) is 44.2 Å². The van der Waals surface area contributed by atoms with E-state index in [1.807, 2.05) is 37.3 Å². The van der Waals surface area contributed by atoms with E-state index in [0.717, 1.165) is 31.2 Å². The number of hydrogen-bond donors (Lipinski definition) is 2. The predicted octanol–water partition coefficient (Wildman–Crippen LogP) is 3.71. The SMILES string of the molecule is C[C@H]1[C@H](OCCNC(=O)NCc2ccccc2)O[C@@H]2O[C@]3(C)CC[C@H]4[C@H](C)CC[C@@H]1[C@@]24OO3. The Hall–Kier alpha value is -1.71. The van der Waals surface area contributed by atoms with Gasteiger partial charge < -0.3 is 24.8 Å². The minimum atomic E-state index is -0.791. The van der Waals surface area contributed by atoms with Gasteiger partial charge in [0.1, 0.15) is 0 Å². The lowest BCUT2D eigenvalue weighted by atomic mass is 9.58. The van der Waals surface area contributed by atoms with E-state index in [1.54, 1.807) is 0 Å². The van der Waals surface area contributed by atoms with Crippen molar-refractivity contribution in [3.8, 4) is 0 Å². The Bertz CT molecular complexity index is 839. The van der Waals surface area contributed by atoms with Crippen LogP contribution in [0.25, 0.3) is 0 Å². The zero-order chi connectivity index (χ0) is 23.1. The summed E-state index contributed by atoms with van der Waals surface area (Å²) >= 11 is 0. The summed E-state index contributed by atoms with van der Waals surface area (Å²) in [6.45, 7) is 7.62. The van der Waals surface area contributed by atoms with Crippen LogP contribution in [-0.2, 0) is 30.5 Å². The van der Waals surface area contributed by atoms with Gasteiger partial charge in [-0.25, -0.2) is 14.6 Å². The van der Waals surface area contributed by atoms with Gasteiger partial charge in [0.2, 0.25) is 5.79 Å². The second-order valence-corrected chi connectivity index (χ2v) is 10.2. The summed E-state index contributed by atoms with van der Waals surface area (Å²) in [5, 5.41) is 5.71. The Labute approximate surface area is 195 Å². The molecular weight excluding hydrogens is 424 g/mol. The first-order chi connectivity index (χ1) is 15.9. The highest BCUT2D eigenvalue weighted by atomic mass is 17.3. The summed E-state index contributed by atoms with van der Waals surface area (Å²) in [6, 6.07) is 9.60. The molecule has 1 spiro atoms. The number of carbonyl (C=O) groups excluding carboxylic acids is 1. The number of amides is 2. The molecule has 33 heavy (non-hydrogen) atoms. The summed E-state index contributed by atoms with van der Waals surface area (Å²) < 4.78 is 18.8. The Kier molecular flexibility index (Phi) is 6.39. The van der Waals surface area contributed by atoms with Gasteiger partial charge in [-0.3, -0.25) is 0 Å². The molecule has 4 aliphatic heterocycles. The number of ether oxygens (including phenoxy) is 3. The monoisotopic (exact) mass is 460 g/mol. The molecule has 5 fully saturated rings. The van der Waals surface area contributed by atoms with E-state index in [4.69, 9.17) is 24.0 Å². The van der Waals surface area contributed by atoms with E-state index in [-0.39, 0.29) is 17.9 Å². The number of urea groups is 1. The molecule has 2 amide bonds. The van der Waals surface area contributed by atoms with Crippen LogP contribution >= 0.6 is 0 Å². The zero-order valence-electron chi connectivity index (χ0n) is 19.8. The van der Waals surface area contributed by atoms with Crippen molar-refractivity contribution >= 4 is 6.03 Å². The van der Waals surface area contributed by atoms with E-state index < -0.39 is 24.0 Å². The van der Waals surface area contributed by atoms with Crippen molar-refractivity contribution in [3.05, 3.63) is 35.9 Å². The molecule has 182 valence electrons. The fourth-order valence-electron chi connectivity index (χ4n) is 6.24. The van der Waals surface area contributed by atoms with E-state index in [0.29, 0.717) is 31.5 Å². The third-order valence-corrected chi connectivity index (χ3v) is 8.06. The lowest BCUT2D eigenvalue weighted by Gasteiger charge is -2.60. The van der Waals surface area contributed by atoms with Crippen molar-refractivity contribution in [1.82, 2.24) is 10.6 Å². The fraction of sp³-hybridized carbons (Fsp3) is 0.720. The van der Waals surface area contributed by atoms with E-state index >= 15 is 0 Å². The number of benzene rings is 1. The molecule has 0 aromatic heterocycles. The second-order valence-electron chi connectivity index (χ2n) is 10.2. The van der Waals surface area contributed by atoms with Gasteiger partial charge >= 0.3 is 6.03 Å². The first kappa shape index (κ1) is 23.1. The molecule has 4 saturated heterocycles. The Balaban J connectivity index is 1.16. The predicted molar refractivity (Wildman–Crippen MR) is 119 cm³/mol. The number of nitrogens with one attached hydrogen (secondary N) is 2. The maximum Gasteiger partial charge on any atom is 0.315 e. The lowest BCUT2D eigenvalue weighted by molar-refractivity contribution is -0.577. The van der Waals surface area contributed by atoms with Gasteiger partial charge in [0.25, 0.3) is 0 Å². The summed E-state index contributed by atoms with van der Waals surface area (Å²) in [6.07, 6.45) is 3.05. The normalized spacial score (nSPS) is 41.7. The minimum absolute atomic E-state index is 0.123. The van der Waals surface area contributed by atoms with Gasteiger partial charge in [-0.15, -0.1) is 0 Å². The van der Waals surface area contributed by atoms with E-state index in [1.165, 1.54) is 0 Å². The van der Waals surface area contributed by atoms with Crippen molar-refractivity contribution in [2.45, 2.75) is 77.0 Å². The van der Waals surface area contributed by atoms with Crippen LogP contribution in [0.2, 0.25) is 0 Å². The van der Waals surface area contributed by atoms with Crippen LogP contribution in [0.15, 0.2) is 30.3 Å². The van der Waals surface area contributed by atoms with Gasteiger partial charge in [0, 0.05) is 31.3 Å². The third-order valence-electron chi connectivity index (χ3n) is 8.06. The number of rotatable bonds is 6. The summed E-state index contributed by atoms with van der Waals surface area (Å²) in [7, 11) is 0. The molecule has 6 rings (SSSR count). The fourth-order valence-corrected chi connectivity index (χ4v) is 6.24. The zero-order valence-corrected chi connectivity index (χ0v) is 19.8. The van der Waals surface area contributed by atoms with Crippen LogP contribution in [0.3, 0.4) is 0 Å². The summed E-state index contributed by atoms with van der Waals surface area (Å²) in [5.74, 6) is 0.429. The molecule has 0 radical (unpaired) electrons. The maximum absolute atomic E-state index is 12.1. The van der Waals surface area contributed by atoms with Gasteiger partial charge in [-0.05, 0) is 43.6 Å². The van der Waals surface area contributed by atoms with Crippen LogP contribution in [0, 0.1) is 23.7 Å². The quantitative estimate of drug-likeness (QED) is 0.497. The molecular formula is C25H36N2O6. The van der Waals surface area contributed by atoms with Crippen molar-refractivity contribution < 1.29 is 28.8 Å². The number of carbonyl (C=O) groups is 1. The van der Waals surface area contributed by atoms with Crippen molar-refractivity contribution in [2.24, 2.45) is 23.7 Å². The minimum Gasteiger partial charge on any atom is -0.350 e. The number of fused-ring (bicyclic) bond motifs is 2. The van der Waals surface area contributed by atoms with Crippen LogP contribution in [0.1, 0.15) is 52.0 Å². The van der Waals surface area contributed by atoms with Crippen molar-refractivity contribution in [2.75, 3.05) is 13.2 Å². The van der Waals surface area contributed by atoms with Gasteiger partial charge in [0.15, 0.2) is 18.2 Å². The standard InChI is InChI=1S/C25H36N2O6/c1-16-9-10-20-17(2)21(29-14-13-26-23(28)27-15-18-7-5-4-6-8-18)30-22-25(20)19(16)11-12-24(3,31-22)32-33-25/h4-8,16-17,19-22H,9-15H2,1-3H3,(H2,26,27,28)/t16-,17-,19+,20+,21-,22-,24+,25-/m1/s1. The molecule has 2 bridgehead atoms. The molecule has 4 heterocycles. The van der Waals surface area contributed by atoms with Gasteiger partial charge in [0.05, 0.1) is 6.61 Å². The third kappa shape index (κ3) is 4.28. The van der Waals surface area contributed by atoms with E-state index in [9.17, 15) is 4.79 Å². The topological polar surface area (TPSA) is 87.3 Å². The average Bonchev–Trinajstić information content (AvgIpc) is 3.05. The molecule has 1 aliphatic carbocycles. The van der Waals surface area contributed by atoms with Crippen LogP contribution in [0.5, 0.6) is 0 Å². The molecule has 8 nitrogen and oxygen atoms in total. The Morgan fingerprint density at radius 2 is 1.91 bits per heavy atom. The molecule has 1 saturated carbocycles. The molecule has 2 N–H and O–H groups in total. The van der Waals surface area contributed by atoms with E-state index in [2.05, 4.69) is 24.5 Å². The molecule has 0 unspecified atom stereocenters. The average molecular weight is 461 g/mol. The Morgan fingerprint density at radius 1 is 1.09 bits per heavy atom. The highest BCUT2D eigenvalue weighted by Crippen LogP contribution is 2.60. The molecule has 1 aromatic carbocycles. The first-order valence-corrected chi connectivity index (χ1v) is 12.3. The Morgan fingerprint density at radius 3 is 2.73 bits per heavy atom.